The Balaban J connectivity index is 1.70. The first-order valence-corrected chi connectivity index (χ1v) is 9.35. The van der Waals surface area contributed by atoms with E-state index >= 15 is 0 Å². The Bertz CT molecular complexity index is 1080. The maximum atomic E-state index is 12.4. The molecule has 0 radical (unpaired) electrons. The van der Waals surface area contributed by atoms with Crippen molar-refractivity contribution in [3.8, 4) is 6.07 Å². The summed E-state index contributed by atoms with van der Waals surface area (Å²) >= 11 is 0. The maximum absolute atomic E-state index is 12.4. The number of benzene rings is 1. The second-order valence-corrected chi connectivity index (χ2v) is 7.12. The van der Waals surface area contributed by atoms with Crippen molar-refractivity contribution >= 4 is 28.4 Å². The zero-order valence-corrected chi connectivity index (χ0v) is 15.6. The molecule has 2 N–H and O–H groups in total. The number of nitrogens with one attached hydrogen (secondary N) is 2. The zero-order valence-electron chi connectivity index (χ0n) is 15.6. The number of aromatic nitrogens is 4. The van der Waals surface area contributed by atoms with Crippen LogP contribution in [0.1, 0.15) is 24.8 Å². The molecule has 1 fully saturated rings. The summed E-state index contributed by atoms with van der Waals surface area (Å²) in [5.74, 6) is 1.47. The number of aromatic amines is 1. The zero-order chi connectivity index (χ0) is 19.5. The Kier molecular flexibility index (Phi) is 4.89. The largest absolute Gasteiger partial charge is 0.341 e. The lowest BCUT2D eigenvalue weighted by atomic mass is 9.94. The van der Waals surface area contributed by atoms with Gasteiger partial charge < -0.3 is 10.2 Å². The number of nitrogens with zero attached hydrogens (tertiary/aromatic N) is 5. The highest BCUT2D eigenvalue weighted by molar-refractivity contribution is 5.90. The van der Waals surface area contributed by atoms with Crippen LogP contribution < -0.4 is 15.8 Å². The predicted octanol–water partition coefficient (Wildman–Crippen LogP) is 2.90. The van der Waals surface area contributed by atoms with E-state index in [-0.39, 0.29) is 5.56 Å². The summed E-state index contributed by atoms with van der Waals surface area (Å²) in [6.45, 7) is 3.60. The lowest BCUT2D eigenvalue weighted by Gasteiger charge is -2.31. The van der Waals surface area contributed by atoms with Gasteiger partial charge >= 0.3 is 0 Å². The molecule has 142 valence electrons. The van der Waals surface area contributed by atoms with Crippen molar-refractivity contribution in [3.63, 3.8) is 0 Å². The summed E-state index contributed by atoms with van der Waals surface area (Å²) in [4.78, 5) is 23.7. The molecule has 2 aromatic heterocycles. The van der Waals surface area contributed by atoms with Gasteiger partial charge in [-0.1, -0.05) is 17.7 Å². The third-order valence-electron chi connectivity index (χ3n) is 5.10. The highest BCUT2D eigenvalue weighted by Crippen LogP contribution is 2.27. The van der Waals surface area contributed by atoms with Gasteiger partial charge in [-0.3, -0.25) is 4.79 Å². The molecule has 0 atom stereocenters. The molecular formula is C20H21N7O. The summed E-state index contributed by atoms with van der Waals surface area (Å²) < 4.78 is 0. The average molecular weight is 375 g/mol. The van der Waals surface area contributed by atoms with Gasteiger partial charge in [-0.05, 0) is 37.8 Å². The molecule has 4 rings (SSSR count). The number of hydrogen-bond acceptors (Lipinski definition) is 7. The normalized spacial score (nSPS) is 14.8. The minimum atomic E-state index is -0.327. The summed E-state index contributed by atoms with van der Waals surface area (Å²) in [6, 6.07) is 10.2. The molecule has 3 aromatic rings. The quantitative estimate of drug-likeness (QED) is 0.721. The Hall–Kier alpha value is -3.47. The third kappa shape index (κ3) is 3.64. The van der Waals surface area contributed by atoms with E-state index in [2.05, 4.69) is 36.5 Å². The second kappa shape index (κ2) is 7.64. The molecule has 0 unspecified atom stereocenters. The van der Waals surface area contributed by atoms with Crippen molar-refractivity contribution in [2.75, 3.05) is 23.3 Å². The van der Waals surface area contributed by atoms with Crippen molar-refractivity contribution in [2.24, 2.45) is 5.92 Å². The molecule has 1 aliphatic rings. The molecule has 8 heteroatoms. The minimum Gasteiger partial charge on any atom is -0.341 e. The number of nitriles is 1. The molecule has 28 heavy (non-hydrogen) atoms. The summed E-state index contributed by atoms with van der Waals surface area (Å²) in [7, 11) is 0. The van der Waals surface area contributed by atoms with Crippen LogP contribution in [0.4, 0.5) is 17.5 Å². The van der Waals surface area contributed by atoms with Gasteiger partial charge in [0.1, 0.15) is 16.7 Å². The molecule has 1 aromatic carbocycles. The van der Waals surface area contributed by atoms with Crippen molar-refractivity contribution < 1.29 is 0 Å². The van der Waals surface area contributed by atoms with Crippen LogP contribution >= 0.6 is 0 Å². The number of fused-ring (bicyclic) bond motifs is 1. The Morgan fingerprint density at radius 2 is 2.00 bits per heavy atom. The van der Waals surface area contributed by atoms with Crippen LogP contribution in [0.25, 0.3) is 10.9 Å². The average Bonchev–Trinajstić information content (AvgIpc) is 2.70. The molecule has 8 nitrogen and oxygen atoms in total. The number of aryl methyl sites for hydroxylation is 1. The van der Waals surface area contributed by atoms with E-state index in [9.17, 15) is 4.79 Å². The molecule has 0 amide bonds. The number of hydrogen-bond donors (Lipinski definition) is 2. The fourth-order valence-corrected chi connectivity index (χ4v) is 3.46. The van der Waals surface area contributed by atoms with Crippen LogP contribution in [-0.4, -0.2) is 33.3 Å². The Morgan fingerprint density at radius 1 is 1.25 bits per heavy atom. The lowest BCUT2D eigenvalue weighted by molar-refractivity contribution is 0.409. The van der Waals surface area contributed by atoms with Crippen molar-refractivity contribution in [2.45, 2.75) is 26.2 Å². The summed E-state index contributed by atoms with van der Waals surface area (Å²) in [6.07, 6.45) is 4.00. The van der Waals surface area contributed by atoms with Gasteiger partial charge in [0.05, 0.1) is 12.3 Å². The smallest absolute Gasteiger partial charge is 0.277 e. The molecule has 0 saturated carbocycles. The summed E-state index contributed by atoms with van der Waals surface area (Å²) in [5.41, 5.74) is 2.18. The lowest BCUT2D eigenvalue weighted by Crippen LogP contribution is -2.35. The van der Waals surface area contributed by atoms with Gasteiger partial charge in [0, 0.05) is 25.2 Å². The predicted molar refractivity (Wildman–Crippen MR) is 108 cm³/mol. The van der Waals surface area contributed by atoms with E-state index in [1.165, 1.54) is 0 Å². The van der Waals surface area contributed by atoms with Crippen molar-refractivity contribution in [3.05, 3.63) is 46.4 Å². The second-order valence-electron chi connectivity index (χ2n) is 7.12. The van der Waals surface area contributed by atoms with Crippen LogP contribution in [0.3, 0.4) is 0 Å². The molecular weight excluding hydrogens is 354 g/mol. The topological polar surface area (TPSA) is 111 Å². The molecule has 0 spiro atoms. The number of piperidine rings is 1. The molecule has 0 aliphatic carbocycles. The van der Waals surface area contributed by atoms with E-state index in [4.69, 9.17) is 5.26 Å². The van der Waals surface area contributed by atoms with E-state index in [1.54, 1.807) is 6.20 Å². The van der Waals surface area contributed by atoms with Crippen LogP contribution in [0.2, 0.25) is 0 Å². The molecule has 3 heterocycles. The van der Waals surface area contributed by atoms with Gasteiger partial charge in [0.15, 0.2) is 0 Å². The first-order chi connectivity index (χ1) is 13.6. The van der Waals surface area contributed by atoms with Gasteiger partial charge in [0.25, 0.3) is 5.56 Å². The van der Waals surface area contributed by atoms with E-state index in [0.717, 1.165) is 37.2 Å². The highest BCUT2D eigenvalue weighted by atomic mass is 16.1. The monoisotopic (exact) mass is 375 g/mol. The summed E-state index contributed by atoms with van der Waals surface area (Å²) in [5, 5.41) is 18.9. The minimum absolute atomic E-state index is 0.327. The SMILES string of the molecule is Cc1ccc(Nc2nc(N3CCC(CC#N)CC3)nc3cn[nH]c(=O)c23)cc1. The number of H-pyrrole nitrogens is 1. The van der Waals surface area contributed by atoms with Crippen molar-refractivity contribution in [1.82, 2.24) is 20.2 Å². The van der Waals surface area contributed by atoms with Crippen LogP contribution in [0.15, 0.2) is 35.3 Å². The van der Waals surface area contributed by atoms with E-state index < -0.39 is 0 Å². The van der Waals surface area contributed by atoms with Gasteiger partial charge in [-0.15, -0.1) is 0 Å². The van der Waals surface area contributed by atoms with E-state index in [1.807, 2.05) is 31.2 Å². The third-order valence-corrected chi connectivity index (χ3v) is 5.10. The standard InChI is InChI=1S/C20H21N7O/c1-13-2-4-15(5-3-13)23-18-17-16(12-22-26-19(17)28)24-20(25-18)27-10-7-14(6-9-21)8-11-27/h2-5,12,14H,6-8,10-11H2,1H3,(H,26,28)(H,23,24,25). The van der Waals surface area contributed by atoms with Gasteiger partial charge in [-0.25, -0.2) is 10.1 Å². The Labute approximate surface area is 162 Å². The Morgan fingerprint density at radius 3 is 2.71 bits per heavy atom. The number of rotatable bonds is 4. The fraction of sp³-hybridized carbons (Fsp3) is 0.350. The first kappa shape index (κ1) is 17.9. The van der Waals surface area contributed by atoms with Crippen molar-refractivity contribution in [1.29, 1.82) is 5.26 Å². The van der Waals surface area contributed by atoms with Crippen LogP contribution in [-0.2, 0) is 0 Å². The maximum Gasteiger partial charge on any atom is 0.277 e. The highest BCUT2D eigenvalue weighted by Gasteiger charge is 2.22. The van der Waals surface area contributed by atoms with Crippen LogP contribution in [0.5, 0.6) is 0 Å². The molecule has 1 aliphatic heterocycles. The van der Waals surface area contributed by atoms with Gasteiger partial charge in [0.2, 0.25) is 5.95 Å². The van der Waals surface area contributed by atoms with Gasteiger partial charge in [-0.2, -0.15) is 15.3 Å². The molecule has 0 bridgehead atoms. The first-order valence-electron chi connectivity index (χ1n) is 9.35. The van der Waals surface area contributed by atoms with Crippen LogP contribution in [0, 0.1) is 24.2 Å². The van der Waals surface area contributed by atoms with E-state index in [0.29, 0.717) is 35.0 Å². The fourth-order valence-electron chi connectivity index (χ4n) is 3.46. The molecule has 1 saturated heterocycles. The number of anilines is 3.